The standard InChI is InChI=1S/C18H28N2O/c1-3-18(2)14-19-17(15-9-10-15)13-20(18)11-12-21-16-7-5-4-6-8-16/h4-8,15,17,19H,3,9-14H2,1-2H3. The minimum atomic E-state index is 0.269. The zero-order valence-electron chi connectivity index (χ0n) is 13.3. The highest BCUT2D eigenvalue weighted by atomic mass is 16.5. The predicted octanol–water partition coefficient (Wildman–Crippen LogP) is 2.92. The van der Waals surface area contributed by atoms with Gasteiger partial charge in [0.25, 0.3) is 0 Å². The maximum absolute atomic E-state index is 5.90. The molecule has 0 amide bonds. The number of piperazine rings is 1. The molecule has 2 aliphatic rings. The van der Waals surface area contributed by atoms with Gasteiger partial charge in [0.2, 0.25) is 0 Å². The van der Waals surface area contributed by atoms with E-state index in [2.05, 4.69) is 24.1 Å². The van der Waals surface area contributed by atoms with Gasteiger partial charge in [-0.1, -0.05) is 25.1 Å². The van der Waals surface area contributed by atoms with Crippen LogP contribution in [0.15, 0.2) is 30.3 Å². The molecule has 2 atom stereocenters. The second-order valence-corrected chi connectivity index (χ2v) is 6.78. The van der Waals surface area contributed by atoms with Crippen LogP contribution in [0.3, 0.4) is 0 Å². The summed E-state index contributed by atoms with van der Waals surface area (Å²) in [6.07, 6.45) is 4.01. The van der Waals surface area contributed by atoms with Crippen LogP contribution >= 0.6 is 0 Å². The molecule has 0 radical (unpaired) electrons. The highest BCUT2D eigenvalue weighted by Crippen LogP contribution is 2.36. The fraction of sp³-hybridized carbons (Fsp3) is 0.667. The molecule has 116 valence electrons. The molecular formula is C18H28N2O. The molecule has 21 heavy (non-hydrogen) atoms. The molecule has 3 nitrogen and oxygen atoms in total. The zero-order valence-corrected chi connectivity index (χ0v) is 13.3. The van der Waals surface area contributed by atoms with E-state index in [0.717, 1.165) is 31.4 Å². The van der Waals surface area contributed by atoms with Gasteiger partial charge in [0.15, 0.2) is 0 Å². The lowest BCUT2D eigenvalue weighted by molar-refractivity contribution is 0.0331. The molecule has 2 fully saturated rings. The molecule has 1 aliphatic heterocycles. The van der Waals surface area contributed by atoms with Crippen LogP contribution in [-0.2, 0) is 0 Å². The predicted molar refractivity (Wildman–Crippen MR) is 86.7 cm³/mol. The largest absolute Gasteiger partial charge is 0.492 e. The van der Waals surface area contributed by atoms with Crippen LogP contribution in [0, 0.1) is 5.92 Å². The van der Waals surface area contributed by atoms with Gasteiger partial charge < -0.3 is 10.1 Å². The fourth-order valence-electron chi connectivity index (χ4n) is 3.30. The Morgan fingerprint density at radius 1 is 1.29 bits per heavy atom. The lowest BCUT2D eigenvalue weighted by atomic mass is 9.91. The SMILES string of the molecule is CCC1(C)CNC(C2CC2)CN1CCOc1ccccc1. The Labute approximate surface area is 128 Å². The van der Waals surface area contributed by atoms with Crippen LogP contribution < -0.4 is 10.1 Å². The van der Waals surface area contributed by atoms with E-state index in [4.69, 9.17) is 4.74 Å². The van der Waals surface area contributed by atoms with Gasteiger partial charge in [0.1, 0.15) is 12.4 Å². The molecule has 0 aromatic heterocycles. The molecule has 2 unspecified atom stereocenters. The molecule has 1 heterocycles. The van der Waals surface area contributed by atoms with Crippen LogP contribution in [0.25, 0.3) is 0 Å². The third-order valence-electron chi connectivity index (χ3n) is 5.25. The number of ether oxygens (including phenoxy) is 1. The normalized spacial score (nSPS) is 30.3. The Hall–Kier alpha value is -1.06. The molecule has 3 rings (SSSR count). The van der Waals surface area contributed by atoms with Crippen LogP contribution in [-0.4, -0.2) is 42.7 Å². The summed E-state index contributed by atoms with van der Waals surface area (Å²) in [5.74, 6) is 1.90. The number of nitrogens with one attached hydrogen (secondary N) is 1. The van der Waals surface area contributed by atoms with Crippen molar-refractivity contribution < 1.29 is 4.74 Å². The Kier molecular flexibility index (Phi) is 4.51. The average molecular weight is 288 g/mol. The van der Waals surface area contributed by atoms with Crippen molar-refractivity contribution in [3.8, 4) is 5.75 Å². The third-order valence-corrected chi connectivity index (χ3v) is 5.25. The molecule has 1 saturated carbocycles. The van der Waals surface area contributed by atoms with Gasteiger partial charge in [0.05, 0.1) is 0 Å². The summed E-state index contributed by atoms with van der Waals surface area (Å²) < 4.78 is 5.90. The first kappa shape index (κ1) is 14.9. The van der Waals surface area contributed by atoms with Crippen molar-refractivity contribution in [3.05, 3.63) is 30.3 Å². The van der Waals surface area contributed by atoms with Gasteiger partial charge in [0, 0.05) is 31.2 Å². The Morgan fingerprint density at radius 3 is 2.71 bits per heavy atom. The maximum atomic E-state index is 5.90. The Morgan fingerprint density at radius 2 is 2.05 bits per heavy atom. The molecule has 1 aromatic carbocycles. The van der Waals surface area contributed by atoms with Crippen LogP contribution in [0.5, 0.6) is 5.75 Å². The van der Waals surface area contributed by atoms with Crippen molar-refractivity contribution in [1.29, 1.82) is 0 Å². The summed E-state index contributed by atoms with van der Waals surface area (Å²) in [5.41, 5.74) is 0.269. The van der Waals surface area contributed by atoms with Crippen molar-refractivity contribution >= 4 is 0 Å². The number of rotatable bonds is 6. The quantitative estimate of drug-likeness (QED) is 0.871. The van der Waals surface area contributed by atoms with E-state index in [-0.39, 0.29) is 5.54 Å². The first-order valence-corrected chi connectivity index (χ1v) is 8.37. The van der Waals surface area contributed by atoms with Crippen LogP contribution in [0.1, 0.15) is 33.1 Å². The molecule has 1 N–H and O–H groups in total. The van der Waals surface area contributed by atoms with Gasteiger partial charge >= 0.3 is 0 Å². The van der Waals surface area contributed by atoms with Crippen molar-refractivity contribution in [3.63, 3.8) is 0 Å². The minimum Gasteiger partial charge on any atom is -0.492 e. The maximum Gasteiger partial charge on any atom is 0.119 e. The summed E-state index contributed by atoms with van der Waals surface area (Å²) in [7, 11) is 0. The second kappa shape index (κ2) is 6.37. The molecular weight excluding hydrogens is 260 g/mol. The fourth-order valence-corrected chi connectivity index (χ4v) is 3.30. The summed E-state index contributed by atoms with van der Waals surface area (Å²) in [6.45, 7) is 8.75. The molecule has 3 heteroatoms. The molecule has 0 bridgehead atoms. The molecule has 1 saturated heterocycles. The minimum absolute atomic E-state index is 0.269. The number of hydrogen-bond acceptors (Lipinski definition) is 3. The van der Waals surface area contributed by atoms with Gasteiger partial charge in [-0.2, -0.15) is 0 Å². The van der Waals surface area contributed by atoms with Crippen molar-refractivity contribution in [2.75, 3.05) is 26.2 Å². The second-order valence-electron chi connectivity index (χ2n) is 6.78. The van der Waals surface area contributed by atoms with Gasteiger partial charge in [-0.3, -0.25) is 4.90 Å². The van der Waals surface area contributed by atoms with E-state index in [1.165, 1.54) is 25.8 Å². The van der Waals surface area contributed by atoms with Crippen LogP contribution in [0.2, 0.25) is 0 Å². The lowest BCUT2D eigenvalue weighted by Gasteiger charge is -2.48. The highest BCUT2D eigenvalue weighted by molar-refractivity contribution is 5.20. The number of benzene rings is 1. The van der Waals surface area contributed by atoms with E-state index in [9.17, 15) is 0 Å². The Balaban J connectivity index is 1.54. The first-order valence-electron chi connectivity index (χ1n) is 8.37. The van der Waals surface area contributed by atoms with E-state index in [1.54, 1.807) is 0 Å². The highest BCUT2D eigenvalue weighted by Gasteiger charge is 2.41. The van der Waals surface area contributed by atoms with E-state index in [0.29, 0.717) is 6.04 Å². The Bertz CT molecular complexity index is 446. The van der Waals surface area contributed by atoms with E-state index < -0.39 is 0 Å². The van der Waals surface area contributed by atoms with Crippen molar-refractivity contribution in [1.82, 2.24) is 10.2 Å². The van der Waals surface area contributed by atoms with Crippen LogP contribution in [0.4, 0.5) is 0 Å². The average Bonchev–Trinajstić information content (AvgIpc) is 3.35. The zero-order chi connectivity index (χ0) is 14.7. The molecule has 1 aliphatic carbocycles. The van der Waals surface area contributed by atoms with E-state index in [1.807, 2.05) is 30.3 Å². The van der Waals surface area contributed by atoms with Crippen molar-refractivity contribution in [2.45, 2.75) is 44.7 Å². The topological polar surface area (TPSA) is 24.5 Å². The van der Waals surface area contributed by atoms with Gasteiger partial charge in [-0.05, 0) is 44.2 Å². The number of para-hydroxylation sites is 1. The van der Waals surface area contributed by atoms with Gasteiger partial charge in [-0.15, -0.1) is 0 Å². The summed E-state index contributed by atoms with van der Waals surface area (Å²) in [5, 5.41) is 3.78. The number of hydrogen-bond donors (Lipinski definition) is 1. The summed E-state index contributed by atoms with van der Waals surface area (Å²) in [4.78, 5) is 2.65. The summed E-state index contributed by atoms with van der Waals surface area (Å²) >= 11 is 0. The number of nitrogens with zero attached hydrogens (tertiary/aromatic N) is 1. The lowest BCUT2D eigenvalue weighted by Crippen LogP contribution is -2.64. The van der Waals surface area contributed by atoms with Gasteiger partial charge in [-0.25, -0.2) is 0 Å². The monoisotopic (exact) mass is 288 g/mol. The first-order chi connectivity index (χ1) is 10.2. The smallest absolute Gasteiger partial charge is 0.119 e. The third kappa shape index (κ3) is 3.58. The van der Waals surface area contributed by atoms with Crippen molar-refractivity contribution in [2.24, 2.45) is 5.92 Å². The molecule has 0 spiro atoms. The molecule has 1 aromatic rings. The van der Waals surface area contributed by atoms with E-state index >= 15 is 0 Å². The summed E-state index contributed by atoms with van der Waals surface area (Å²) in [6, 6.07) is 10.8.